The van der Waals surface area contributed by atoms with Crippen LogP contribution in [0.2, 0.25) is 0 Å². The first-order valence-corrected chi connectivity index (χ1v) is 19.4. The fraction of sp³-hybridized carbons (Fsp3) is 0.452. The van der Waals surface area contributed by atoms with E-state index in [1.165, 1.54) is 30.3 Å². The summed E-state index contributed by atoms with van der Waals surface area (Å²) in [5, 5.41) is 24.3. The Hall–Kier alpha value is -5.33. The summed E-state index contributed by atoms with van der Waals surface area (Å²) in [4.78, 5) is 43.9. The molecule has 0 amide bonds. The molecule has 1 spiro atoms. The first kappa shape index (κ1) is 41.4. The van der Waals surface area contributed by atoms with Crippen molar-refractivity contribution in [2.45, 2.75) is 87.8 Å². The number of rotatable bonds is 10. The summed E-state index contributed by atoms with van der Waals surface area (Å²) in [5.41, 5.74) is -1.53. The van der Waals surface area contributed by atoms with Gasteiger partial charge in [0.2, 0.25) is 6.29 Å². The zero-order valence-corrected chi connectivity index (χ0v) is 31.8. The SMILES string of the molecule is C=CCOC(=O)[C@H]1O[C@@H](OC(=O)c2cc(C(F)(F)F)c3cc(N4CCC5(CC4)CC(Cc4c(-c6ccccc6C(F)(F)F)noc4C4CC4)C5)ccc3n2)[C@H](O)C(=O)[C@@H]1O. The minimum absolute atomic E-state index is 0.0000925. The number of ketones is 1. The number of pyridine rings is 1. The van der Waals surface area contributed by atoms with Crippen molar-refractivity contribution < 1.29 is 69.7 Å². The van der Waals surface area contributed by atoms with Gasteiger partial charge in [0.25, 0.3) is 0 Å². The van der Waals surface area contributed by atoms with Gasteiger partial charge in [-0.05, 0) is 86.6 Å². The molecule has 2 saturated heterocycles. The third-order valence-electron chi connectivity index (χ3n) is 11.9. The van der Waals surface area contributed by atoms with E-state index in [0.29, 0.717) is 37.0 Å². The first-order chi connectivity index (χ1) is 28.5. The number of halogens is 6. The average molecular weight is 844 g/mol. The lowest BCUT2D eigenvalue weighted by Crippen LogP contribution is -2.58. The van der Waals surface area contributed by atoms with E-state index in [9.17, 15) is 50.9 Å². The van der Waals surface area contributed by atoms with Gasteiger partial charge in [-0.2, -0.15) is 26.3 Å². The minimum atomic E-state index is -4.96. The van der Waals surface area contributed by atoms with Crippen molar-refractivity contribution in [3.8, 4) is 11.3 Å². The third kappa shape index (κ3) is 7.99. The summed E-state index contributed by atoms with van der Waals surface area (Å²) in [6.07, 6.45) is -11.4. The molecule has 0 unspecified atom stereocenters. The van der Waals surface area contributed by atoms with E-state index in [-0.39, 0.29) is 46.0 Å². The summed E-state index contributed by atoms with van der Waals surface area (Å²) in [6, 6.07) is 10.1. The van der Waals surface area contributed by atoms with Crippen LogP contribution in [0.5, 0.6) is 0 Å². The molecule has 318 valence electrons. The topological polar surface area (TPSA) is 162 Å². The van der Waals surface area contributed by atoms with Gasteiger partial charge in [0.05, 0.1) is 16.6 Å². The van der Waals surface area contributed by atoms with Crippen LogP contribution in [0.3, 0.4) is 0 Å². The number of Topliss-reactive ketones (excluding diaryl/α,β-unsaturated/α-hetero) is 1. The molecule has 2 aromatic carbocycles. The molecule has 2 aromatic heterocycles. The van der Waals surface area contributed by atoms with Crippen molar-refractivity contribution in [3.63, 3.8) is 0 Å². The number of carbonyl (C=O) groups is 3. The van der Waals surface area contributed by atoms with Crippen LogP contribution in [-0.2, 0) is 42.6 Å². The summed E-state index contributed by atoms with van der Waals surface area (Å²) in [7, 11) is 0. The molecular formula is C42H39F6N3O9. The van der Waals surface area contributed by atoms with Crippen LogP contribution >= 0.6 is 0 Å². The predicted molar refractivity (Wildman–Crippen MR) is 198 cm³/mol. The fourth-order valence-corrected chi connectivity index (χ4v) is 8.75. The number of hydrogen-bond donors (Lipinski definition) is 2. The molecule has 12 nitrogen and oxygen atoms in total. The van der Waals surface area contributed by atoms with Crippen molar-refractivity contribution in [2.75, 3.05) is 24.6 Å². The number of ether oxygens (including phenoxy) is 3. The molecule has 2 aliphatic carbocycles. The molecule has 2 aliphatic heterocycles. The Kier molecular flexibility index (Phi) is 10.8. The molecule has 60 heavy (non-hydrogen) atoms. The Morgan fingerprint density at radius 1 is 0.967 bits per heavy atom. The summed E-state index contributed by atoms with van der Waals surface area (Å²) in [5.74, 6) is -3.07. The number of anilines is 1. The van der Waals surface area contributed by atoms with Crippen LogP contribution in [0.25, 0.3) is 22.2 Å². The Bertz CT molecular complexity index is 2330. The van der Waals surface area contributed by atoms with Crippen LogP contribution in [-0.4, -0.2) is 82.4 Å². The molecular weight excluding hydrogens is 804 g/mol. The van der Waals surface area contributed by atoms with Crippen LogP contribution in [0.1, 0.15) is 77.4 Å². The van der Waals surface area contributed by atoms with Crippen LogP contribution in [0.4, 0.5) is 32.0 Å². The number of piperidine rings is 1. The van der Waals surface area contributed by atoms with E-state index in [4.69, 9.17) is 18.7 Å². The van der Waals surface area contributed by atoms with E-state index in [2.05, 4.69) is 16.7 Å². The van der Waals surface area contributed by atoms with Gasteiger partial charge in [-0.1, -0.05) is 36.0 Å². The third-order valence-corrected chi connectivity index (χ3v) is 11.9. The van der Waals surface area contributed by atoms with Gasteiger partial charge in [-0.25, -0.2) is 14.6 Å². The number of esters is 2. The lowest BCUT2D eigenvalue weighted by atomic mass is 9.56. The number of carbonyl (C=O) groups excluding carboxylic acids is 3. The van der Waals surface area contributed by atoms with Crippen molar-refractivity contribution in [1.29, 1.82) is 0 Å². The molecule has 2 saturated carbocycles. The molecule has 2 N–H and O–H groups in total. The van der Waals surface area contributed by atoms with Gasteiger partial charge >= 0.3 is 24.3 Å². The largest absolute Gasteiger partial charge is 0.459 e. The maximum absolute atomic E-state index is 14.5. The standard InChI is InChI=1S/C42H39F6N3O9/c1-2-15-57-38(56)36-33(53)32(52)34(54)39(58-36)59-37(55)30-18-28(42(46,47)48)25-17-23(9-10-29(25)49-30)51-13-11-40(12-14-51)19-21(20-40)16-26-31(50-60-35(26)22-7-8-22)24-5-3-4-6-27(24)41(43,44)45/h2-6,9-10,17-18,21-22,33-34,36,39,53-54H,1,7-8,11-16,19-20H2/t33-,34+,36-,39-/m0/s1. The molecule has 4 heterocycles. The molecule has 0 radical (unpaired) electrons. The van der Waals surface area contributed by atoms with E-state index in [1.807, 2.05) is 4.90 Å². The van der Waals surface area contributed by atoms with Crippen molar-refractivity contribution in [2.24, 2.45) is 11.3 Å². The zero-order valence-electron chi connectivity index (χ0n) is 31.8. The van der Waals surface area contributed by atoms with Crippen molar-refractivity contribution in [1.82, 2.24) is 10.1 Å². The van der Waals surface area contributed by atoms with Crippen molar-refractivity contribution >= 4 is 34.3 Å². The van der Waals surface area contributed by atoms with Crippen LogP contribution < -0.4 is 4.90 Å². The summed E-state index contributed by atoms with van der Waals surface area (Å²) in [6.45, 7) is 4.13. The van der Waals surface area contributed by atoms with Gasteiger partial charge in [0, 0.05) is 41.2 Å². The Balaban J connectivity index is 0.945. The van der Waals surface area contributed by atoms with Crippen LogP contribution in [0, 0.1) is 11.3 Å². The highest BCUT2D eigenvalue weighted by Gasteiger charge is 2.50. The summed E-state index contributed by atoms with van der Waals surface area (Å²) >= 11 is 0. The van der Waals surface area contributed by atoms with Gasteiger partial charge < -0.3 is 33.8 Å². The highest BCUT2D eigenvalue weighted by molar-refractivity contribution is 5.96. The second kappa shape index (κ2) is 15.6. The Morgan fingerprint density at radius 2 is 1.67 bits per heavy atom. The first-order valence-electron chi connectivity index (χ1n) is 19.4. The highest BCUT2D eigenvalue weighted by atomic mass is 19.4. The maximum atomic E-state index is 14.5. The smallest absolute Gasteiger partial charge is 0.417 e. The van der Waals surface area contributed by atoms with Gasteiger partial charge in [0.1, 0.15) is 23.8 Å². The lowest BCUT2D eigenvalue weighted by Gasteiger charge is -2.53. The second-order valence-electron chi connectivity index (χ2n) is 16.0. The Morgan fingerprint density at radius 3 is 2.33 bits per heavy atom. The average Bonchev–Trinajstić information content (AvgIpc) is 3.97. The molecule has 4 aromatic rings. The molecule has 18 heteroatoms. The number of nitrogens with zero attached hydrogens (tertiary/aromatic N) is 3. The van der Waals surface area contributed by atoms with E-state index in [1.54, 1.807) is 12.1 Å². The monoisotopic (exact) mass is 843 g/mol. The number of benzene rings is 2. The number of aliphatic hydroxyl groups is 2. The van der Waals surface area contributed by atoms with Gasteiger partial charge in [0.15, 0.2) is 24.1 Å². The number of alkyl halides is 6. The molecule has 8 rings (SSSR count). The van der Waals surface area contributed by atoms with E-state index in [0.717, 1.165) is 50.2 Å². The highest BCUT2D eigenvalue weighted by Crippen LogP contribution is 2.56. The number of aliphatic hydroxyl groups excluding tert-OH is 2. The summed E-state index contributed by atoms with van der Waals surface area (Å²) < 4.78 is 106. The fourth-order valence-electron chi connectivity index (χ4n) is 8.75. The van der Waals surface area contributed by atoms with Crippen LogP contribution in [0.15, 0.2) is 65.7 Å². The van der Waals surface area contributed by atoms with E-state index < -0.39 is 71.5 Å². The number of fused-ring (bicyclic) bond motifs is 1. The zero-order chi connectivity index (χ0) is 42.7. The molecule has 0 bridgehead atoms. The maximum Gasteiger partial charge on any atom is 0.417 e. The molecule has 4 atom stereocenters. The van der Waals surface area contributed by atoms with Crippen molar-refractivity contribution in [3.05, 3.63) is 89.3 Å². The quantitative estimate of drug-likeness (QED) is 0.0963. The minimum Gasteiger partial charge on any atom is -0.459 e. The number of hydrogen-bond acceptors (Lipinski definition) is 12. The van der Waals surface area contributed by atoms with E-state index >= 15 is 0 Å². The predicted octanol–water partition coefficient (Wildman–Crippen LogP) is 6.95. The number of aromatic nitrogens is 2. The van der Waals surface area contributed by atoms with Gasteiger partial charge in [-0.15, -0.1) is 0 Å². The van der Waals surface area contributed by atoms with Gasteiger partial charge in [-0.3, -0.25) is 4.79 Å². The second-order valence-corrected chi connectivity index (χ2v) is 16.0. The normalized spacial score (nSPS) is 23.4. The lowest BCUT2D eigenvalue weighted by molar-refractivity contribution is -0.237. The molecule has 4 aliphatic rings. The molecule has 4 fully saturated rings. The Labute approximate surface area is 338 Å².